The Balaban J connectivity index is 1.71. The van der Waals surface area contributed by atoms with Gasteiger partial charge in [0.2, 0.25) is 0 Å². The van der Waals surface area contributed by atoms with Gasteiger partial charge in [-0.1, -0.05) is 6.07 Å². The average molecular weight is 302 g/mol. The van der Waals surface area contributed by atoms with Gasteiger partial charge in [-0.05, 0) is 68.2 Å². The van der Waals surface area contributed by atoms with Crippen LogP contribution in [0.25, 0.3) is 0 Å². The van der Waals surface area contributed by atoms with Gasteiger partial charge in [-0.3, -0.25) is 4.68 Å². The van der Waals surface area contributed by atoms with Crippen LogP contribution in [0.4, 0.5) is 5.69 Å². The maximum Gasteiger partial charge on any atom is 0.170 e. The topological polar surface area (TPSA) is 41.9 Å². The van der Waals surface area contributed by atoms with Crippen molar-refractivity contribution in [2.75, 3.05) is 11.9 Å². The first kappa shape index (κ1) is 15.5. The Bertz CT molecular complexity index is 618. The number of nitrogens with one attached hydrogen (secondary N) is 2. The summed E-state index contributed by atoms with van der Waals surface area (Å²) in [6.45, 7) is 7.97. The van der Waals surface area contributed by atoms with E-state index >= 15 is 0 Å². The predicted octanol–water partition coefficient (Wildman–Crippen LogP) is 3.19. The minimum atomic E-state index is 0.662. The monoisotopic (exact) mass is 302 g/mol. The largest absolute Gasteiger partial charge is 0.362 e. The molecule has 2 N–H and O–H groups in total. The third kappa shape index (κ3) is 4.86. The molecular weight excluding hydrogens is 280 g/mol. The van der Waals surface area contributed by atoms with E-state index in [1.54, 1.807) is 0 Å². The van der Waals surface area contributed by atoms with Crippen LogP contribution in [0, 0.1) is 20.8 Å². The molecule has 0 aliphatic heterocycles. The molecule has 0 bridgehead atoms. The van der Waals surface area contributed by atoms with Gasteiger partial charge < -0.3 is 10.6 Å². The maximum absolute atomic E-state index is 5.30. The fourth-order valence-electron chi connectivity index (χ4n) is 2.03. The molecule has 0 atom stereocenters. The lowest BCUT2D eigenvalue weighted by Gasteiger charge is -2.11. The van der Waals surface area contributed by atoms with Gasteiger partial charge in [0.05, 0.1) is 6.20 Å². The van der Waals surface area contributed by atoms with Gasteiger partial charge in [0.25, 0.3) is 0 Å². The number of aromatic nitrogens is 2. The van der Waals surface area contributed by atoms with Gasteiger partial charge >= 0.3 is 0 Å². The summed E-state index contributed by atoms with van der Waals surface area (Å²) in [4.78, 5) is 0. The van der Waals surface area contributed by atoms with Crippen molar-refractivity contribution in [2.24, 2.45) is 0 Å². The summed E-state index contributed by atoms with van der Waals surface area (Å²) in [5.41, 5.74) is 4.76. The molecule has 0 spiro atoms. The molecule has 0 fully saturated rings. The lowest BCUT2D eigenvalue weighted by atomic mass is 10.1. The molecule has 4 nitrogen and oxygen atoms in total. The Morgan fingerprint density at radius 3 is 2.71 bits per heavy atom. The number of thiocarbonyl (C=S) groups is 1. The molecule has 0 radical (unpaired) electrons. The normalized spacial score (nSPS) is 10.4. The van der Waals surface area contributed by atoms with Crippen LogP contribution in [0.1, 0.15) is 23.1 Å². The van der Waals surface area contributed by atoms with Crippen molar-refractivity contribution < 1.29 is 0 Å². The van der Waals surface area contributed by atoms with E-state index in [1.165, 1.54) is 16.7 Å². The zero-order valence-electron chi connectivity index (χ0n) is 12.8. The molecule has 112 valence electrons. The van der Waals surface area contributed by atoms with Gasteiger partial charge in [0.1, 0.15) is 0 Å². The van der Waals surface area contributed by atoms with Crippen LogP contribution in [-0.4, -0.2) is 21.4 Å². The summed E-state index contributed by atoms with van der Waals surface area (Å²) in [5.74, 6) is 0. The van der Waals surface area contributed by atoms with Crippen molar-refractivity contribution in [2.45, 2.75) is 33.7 Å². The van der Waals surface area contributed by atoms with Gasteiger partial charge in [-0.2, -0.15) is 5.10 Å². The lowest BCUT2D eigenvalue weighted by Crippen LogP contribution is -2.29. The molecule has 2 rings (SSSR count). The van der Waals surface area contributed by atoms with Gasteiger partial charge in [-0.15, -0.1) is 0 Å². The summed E-state index contributed by atoms with van der Waals surface area (Å²) in [7, 11) is 0. The zero-order valence-corrected chi connectivity index (χ0v) is 13.6. The van der Waals surface area contributed by atoms with Crippen molar-refractivity contribution in [3.8, 4) is 0 Å². The Labute approximate surface area is 131 Å². The second kappa shape index (κ2) is 7.22. The van der Waals surface area contributed by atoms with E-state index in [1.807, 2.05) is 30.1 Å². The number of rotatable bonds is 5. The summed E-state index contributed by atoms with van der Waals surface area (Å²) in [5, 5.41) is 11.4. The lowest BCUT2D eigenvalue weighted by molar-refractivity contribution is 0.573. The number of hydrogen-bond acceptors (Lipinski definition) is 2. The van der Waals surface area contributed by atoms with Crippen LogP contribution in [0.3, 0.4) is 0 Å². The molecule has 0 aliphatic carbocycles. The Kier molecular flexibility index (Phi) is 5.33. The molecule has 0 aliphatic rings. The van der Waals surface area contributed by atoms with E-state index in [-0.39, 0.29) is 0 Å². The van der Waals surface area contributed by atoms with Crippen molar-refractivity contribution >= 4 is 23.0 Å². The molecule has 5 heteroatoms. The number of hydrogen-bond donors (Lipinski definition) is 2. The summed E-state index contributed by atoms with van der Waals surface area (Å²) < 4.78 is 1.96. The van der Waals surface area contributed by atoms with Crippen LogP contribution in [0.15, 0.2) is 30.6 Å². The second-order valence-corrected chi connectivity index (χ2v) is 5.72. The number of benzene rings is 1. The minimum Gasteiger partial charge on any atom is -0.362 e. The van der Waals surface area contributed by atoms with Crippen molar-refractivity contribution in [3.63, 3.8) is 0 Å². The predicted molar refractivity (Wildman–Crippen MR) is 91.7 cm³/mol. The summed E-state index contributed by atoms with van der Waals surface area (Å²) in [6.07, 6.45) is 4.90. The van der Waals surface area contributed by atoms with Crippen LogP contribution in [0.5, 0.6) is 0 Å². The second-order valence-electron chi connectivity index (χ2n) is 5.31. The summed E-state index contributed by atoms with van der Waals surface area (Å²) in [6, 6.07) is 6.25. The molecule has 1 aromatic carbocycles. The molecule has 21 heavy (non-hydrogen) atoms. The fourth-order valence-corrected chi connectivity index (χ4v) is 2.25. The van der Waals surface area contributed by atoms with Crippen LogP contribution < -0.4 is 10.6 Å². The van der Waals surface area contributed by atoms with E-state index in [0.717, 1.165) is 25.2 Å². The van der Waals surface area contributed by atoms with E-state index < -0.39 is 0 Å². The van der Waals surface area contributed by atoms with Crippen molar-refractivity contribution in [1.29, 1.82) is 0 Å². The quantitative estimate of drug-likeness (QED) is 0.657. The highest BCUT2D eigenvalue weighted by atomic mass is 32.1. The first-order valence-electron chi connectivity index (χ1n) is 7.16. The van der Waals surface area contributed by atoms with E-state index in [4.69, 9.17) is 12.2 Å². The standard InChI is InChI=1S/C16H22N4S/c1-12-10-18-20(11-12)8-4-7-17-16(21)19-15-6-5-13(2)14(3)9-15/h5-6,9-11H,4,7-8H2,1-3H3,(H2,17,19,21). The smallest absolute Gasteiger partial charge is 0.170 e. The minimum absolute atomic E-state index is 0.662. The Morgan fingerprint density at radius 2 is 2.05 bits per heavy atom. The summed E-state index contributed by atoms with van der Waals surface area (Å²) >= 11 is 5.30. The molecular formula is C16H22N4S. The third-order valence-corrected chi connectivity index (χ3v) is 3.62. The van der Waals surface area contributed by atoms with Gasteiger partial charge in [0.15, 0.2) is 5.11 Å². The first-order chi connectivity index (χ1) is 10.0. The molecule has 0 unspecified atom stereocenters. The van der Waals surface area contributed by atoms with Crippen molar-refractivity contribution in [1.82, 2.24) is 15.1 Å². The molecule has 2 aromatic rings. The number of nitrogens with zero attached hydrogens (tertiary/aromatic N) is 2. The molecule has 1 aromatic heterocycles. The van der Waals surface area contributed by atoms with Crippen LogP contribution >= 0.6 is 12.2 Å². The highest BCUT2D eigenvalue weighted by Crippen LogP contribution is 2.13. The molecule has 1 heterocycles. The Hall–Kier alpha value is -1.88. The highest BCUT2D eigenvalue weighted by molar-refractivity contribution is 7.80. The Morgan fingerprint density at radius 1 is 1.24 bits per heavy atom. The fraction of sp³-hybridized carbons (Fsp3) is 0.375. The average Bonchev–Trinajstić information content (AvgIpc) is 2.85. The first-order valence-corrected chi connectivity index (χ1v) is 7.56. The molecule has 0 saturated carbocycles. The van der Waals surface area contributed by atoms with E-state index in [0.29, 0.717) is 5.11 Å². The molecule has 0 saturated heterocycles. The van der Waals surface area contributed by atoms with Crippen molar-refractivity contribution in [3.05, 3.63) is 47.3 Å². The molecule has 0 amide bonds. The highest BCUT2D eigenvalue weighted by Gasteiger charge is 2.00. The van der Waals surface area contributed by atoms with Crippen LogP contribution in [0.2, 0.25) is 0 Å². The number of aryl methyl sites for hydroxylation is 4. The van der Waals surface area contributed by atoms with E-state index in [2.05, 4.69) is 41.7 Å². The van der Waals surface area contributed by atoms with Crippen LogP contribution in [-0.2, 0) is 6.54 Å². The van der Waals surface area contributed by atoms with Gasteiger partial charge in [0, 0.05) is 25.0 Å². The van der Waals surface area contributed by atoms with Gasteiger partial charge in [-0.25, -0.2) is 0 Å². The SMILES string of the molecule is Cc1cnn(CCCNC(=S)Nc2ccc(C)c(C)c2)c1. The zero-order chi connectivity index (χ0) is 15.2. The number of anilines is 1. The van der Waals surface area contributed by atoms with E-state index in [9.17, 15) is 0 Å². The maximum atomic E-state index is 5.30. The third-order valence-electron chi connectivity index (χ3n) is 3.38.